The molecule has 3 heterocycles. The fourth-order valence-electron chi connectivity index (χ4n) is 7.87. The molecule has 0 aliphatic rings. The van der Waals surface area contributed by atoms with Crippen molar-refractivity contribution in [1.29, 1.82) is 0 Å². The van der Waals surface area contributed by atoms with Gasteiger partial charge in [0.2, 0.25) is 5.95 Å². The summed E-state index contributed by atoms with van der Waals surface area (Å²) in [5.74, 6) is 0.676. The summed E-state index contributed by atoms with van der Waals surface area (Å²) in [5.41, 5.74) is 5.20. The zero-order valence-electron chi connectivity index (χ0n) is 25.7. The lowest BCUT2D eigenvalue weighted by Crippen LogP contribution is -2.04. The van der Waals surface area contributed by atoms with Gasteiger partial charge in [-0.1, -0.05) is 133 Å². The third-order valence-electron chi connectivity index (χ3n) is 10.0. The standard InChI is InChI=1S/C44H25N3S/c1-2-12-27-26(10-1)11-9-16-32(27)41-37-15-3-6-17-38(37)45-44(46-41)47-39-18-7-4-13-30(39)34-22-20-28-29-21-24-36-31-14-5-8-19-40(31)48-43(36)35(29)25-23-33(28)42(34)47/h1-25H. The number of hydrogen-bond donors (Lipinski definition) is 0. The summed E-state index contributed by atoms with van der Waals surface area (Å²) in [6, 6.07) is 54.6. The van der Waals surface area contributed by atoms with E-state index in [0.717, 1.165) is 33.2 Å². The van der Waals surface area contributed by atoms with Crippen LogP contribution in [0.5, 0.6) is 0 Å². The van der Waals surface area contributed by atoms with Crippen LogP contribution in [0.1, 0.15) is 0 Å². The fraction of sp³-hybridized carbons (Fsp3) is 0. The van der Waals surface area contributed by atoms with Crippen molar-refractivity contribution in [3.05, 3.63) is 152 Å². The topological polar surface area (TPSA) is 30.7 Å². The number of fused-ring (bicyclic) bond motifs is 13. The van der Waals surface area contributed by atoms with Crippen LogP contribution >= 0.6 is 11.3 Å². The van der Waals surface area contributed by atoms with Gasteiger partial charge in [-0.3, -0.25) is 4.57 Å². The van der Waals surface area contributed by atoms with Crippen molar-refractivity contribution in [3.63, 3.8) is 0 Å². The first kappa shape index (κ1) is 26.0. The van der Waals surface area contributed by atoms with Gasteiger partial charge in [-0.25, -0.2) is 9.97 Å². The predicted octanol–water partition coefficient (Wildman–Crippen LogP) is 12.2. The molecule has 0 saturated carbocycles. The van der Waals surface area contributed by atoms with Gasteiger partial charge in [0.15, 0.2) is 0 Å². The normalized spacial score (nSPS) is 12.2. The molecule has 0 fully saturated rings. The Hall–Kier alpha value is -6.10. The number of hydrogen-bond acceptors (Lipinski definition) is 3. The van der Waals surface area contributed by atoms with Gasteiger partial charge in [-0.15, -0.1) is 11.3 Å². The number of aromatic nitrogens is 3. The van der Waals surface area contributed by atoms with Crippen LogP contribution in [0.25, 0.3) is 102 Å². The third-order valence-corrected chi connectivity index (χ3v) is 11.2. The lowest BCUT2D eigenvalue weighted by atomic mass is 9.98. The van der Waals surface area contributed by atoms with Crippen molar-refractivity contribution in [3.8, 4) is 17.2 Å². The zero-order valence-corrected chi connectivity index (χ0v) is 26.5. The van der Waals surface area contributed by atoms with Crippen LogP contribution in [0.2, 0.25) is 0 Å². The number of nitrogens with zero attached hydrogens (tertiary/aromatic N) is 3. The van der Waals surface area contributed by atoms with E-state index in [1.54, 1.807) is 0 Å². The van der Waals surface area contributed by atoms with E-state index in [2.05, 4.69) is 156 Å². The van der Waals surface area contributed by atoms with E-state index in [4.69, 9.17) is 9.97 Å². The third kappa shape index (κ3) is 3.52. The zero-order chi connectivity index (χ0) is 31.3. The van der Waals surface area contributed by atoms with Gasteiger partial charge < -0.3 is 0 Å². The van der Waals surface area contributed by atoms with Crippen molar-refractivity contribution in [2.75, 3.05) is 0 Å². The largest absolute Gasteiger partial charge is 0.277 e. The van der Waals surface area contributed by atoms with Gasteiger partial charge in [-0.2, -0.15) is 0 Å². The molecule has 11 aromatic rings. The molecule has 0 bridgehead atoms. The molecule has 8 aromatic carbocycles. The molecule has 222 valence electrons. The summed E-state index contributed by atoms with van der Waals surface area (Å²) in [6.45, 7) is 0. The smallest absolute Gasteiger partial charge is 0.235 e. The summed E-state index contributed by atoms with van der Waals surface area (Å²) >= 11 is 1.88. The van der Waals surface area contributed by atoms with Gasteiger partial charge in [0.25, 0.3) is 0 Å². The first-order valence-corrected chi connectivity index (χ1v) is 17.1. The van der Waals surface area contributed by atoms with Crippen LogP contribution in [-0.2, 0) is 0 Å². The number of para-hydroxylation sites is 2. The van der Waals surface area contributed by atoms with Gasteiger partial charge in [0.1, 0.15) is 0 Å². The summed E-state index contributed by atoms with van der Waals surface area (Å²) in [7, 11) is 0. The molecule has 3 nitrogen and oxygen atoms in total. The van der Waals surface area contributed by atoms with Crippen LogP contribution < -0.4 is 0 Å². The van der Waals surface area contributed by atoms with E-state index in [1.807, 2.05) is 11.3 Å². The van der Waals surface area contributed by atoms with Crippen molar-refractivity contribution < 1.29 is 0 Å². The van der Waals surface area contributed by atoms with Gasteiger partial charge in [0.05, 0.1) is 22.2 Å². The van der Waals surface area contributed by atoms with E-state index >= 15 is 0 Å². The van der Waals surface area contributed by atoms with Crippen molar-refractivity contribution in [1.82, 2.24) is 14.5 Å². The molecule has 0 amide bonds. The van der Waals surface area contributed by atoms with Crippen LogP contribution in [0.15, 0.2) is 152 Å². The number of rotatable bonds is 2. The summed E-state index contributed by atoms with van der Waals surface area (Å²) < 4.78 is 4.96. The van der Waals surface area contributed by atoms with Crippen molar-refractivity contribution in [2.45, 2.75) is 0 Å². The van der Waals surface area contributed by atoms with Gasteiger partial charge in [0, 0.05) is 52.7 Å². The molecule has 48 heavy (non-hydrogen) atoms. The highest BCUT2D eigenvalue weighted by Crippen LogP contribution is 2.43. The van der Waals surface area contributed by atoms with Crippen LogP contribution in [0.3, 0.4) is 0 Å². The molecule has 0 N–H and O–H groups in total. The van der Waals surface area contributed by atoms with Crippen LogP contribution in [0, 0.1) is 0 Å². The monoisotopic (exact) mass is 627 g/mol. The first-order valence-electron chi connectivity index (χ1n) is 16.3. The molecule has 0 aliphatic heterocycles. The Morgan fingerprint density at radius 2 is 1.02 bits per heavy atom. The van der Waals surface area contributed by atoms with Crippen molar-refractivity contribution >= 4 is 96.5 Å². The quantitative estimate of drug-likeness (QED) is 0.179. The second kappa shape index (κ2) is 9.71. The van der Waals surface area contributed by atoms with Crippen molar-refractivity contribution in [2.24, 2.45) is 0 Å². The maximum absolute atomic E-state index is 5.45. The second-order valence-corrected chi connectivity index (χ2v) is 13.6. The Labute approximate surface area is 278 Å². The van der Waals surface area contributed by atoms with E-state index in [-0.39, 0.29) is 0 Å². The second-order valence-electron chi connectivity index (χ2n) is 12.5. The summed E-state index contributed by atoms with van der Waals surface area (Å²) in [6.07, 6.45) is 0. The maximum atomic E-state index is 5.45. The first-order chi connectivity index (χ1) is 23.8. The predicted molar refractivity (Wildman–Crippen MR) is 205 cm³/mol. The molecule has 0 atom stereocenters. The molecule has 0 spiro atoms. The van der Waals surface area contributed by atoms with Crippen LogP contribution in [-0.4, -0.2) is 14.5 Å². The Morgan fingerprint density at radius 1 is 0.417 bits per heavy atom. The van der Waals surface area contributed by atoms with E-state index in [1.165, 1.54) is 63.3 Å². The lowest BCUT2D eigenvalue weighted by molar-refractivity contribution is 1.02. The summed E-state index contributed by atoms with van der Waals surface area (Å²) in [5, 5.41) is 13.4. The highest BCUT2D eigenvalue weighted by molar-refractivity contribution is 7.26. The molecule has 0 unspecified atom stereocenters. The van der Waals surface area contributed by atoms with Gasteiger partial charge >= 0.3 is 0 Å². The minimum Gasteiger partial charge on any atom is -0.277 e. The van der Waals surface area contributed by atoms with Gasteiger partial charge in [-0.05, 0) is 39.7 Å². The molecular weight excluding hydrogens is 603 g/mol. The SMILES string of the molecule is c1ccc2c(-c3nc(-n4c5ccccc5c5ccc6c7ccc8c9ccccc9sc8c7ccc6c54)nc4ccccc34)cccc2c1. The number of benzene rings is 8. The lowest BCUT2D eigenvalue weighted by Gasteiger charge is -2.14. The highest BCUT2D eigenvalue weighted by Gasteiger charge is 2.20. The molecule has 0 aliphatic carbocycles. The van der Waals surface area contributed by atoms with Crippen LogP contribution in [0.4, 0.5) is 0 Å². The Morgan fingerprint density at radius 3 is 1.90 bits per heavy atom. The Balaban J connectivity index is 1.27. The van der Waals surface area contributed by atoms with E-state index in [0.29, 0.717) is 5.95 Å². The molecule has 4 heteroatoms. The Bertz CT molecular complexity index is 3120. The maximum Gasteiger partial charge on any atom is 0.235 e. The minimum absolute atomic E-state index is 0.676. The fourth-order valence-corrected chi connectivity index (χ4v) is 9.10. The molecule has 3 aromatic heterocycles. The molecule has 0 radical (unpaired) electrons. The molecular formula is C44H25N3S. The molecule has 0 saturated heterocycles. The number of thiophene rings is 1. The highest BCUT2D eigenvalue weighted by atomic mass is 32.1. The summed E-state index contributed by atoms with van der Waals surface area (Å²) in [4.78, 5) is 10.7. The van der Waals surface area contributed by atoms with E-state index in [9.17, 15) is 0 Å². The van der Waals surface area contributed by atoms with E-state index < -0.39 is 0 Å². The average molecular weight is 628 g/mol. The Kier molecular flexibility index (Phi) is 5.26. The molecule has 11 rings (SSSR count). The minimum atomic E-state index is 0.676. The average Bonchev–Trinajstić information content (AvgIpc) is 3.70.